The van der Waals surface area contributed by atoms with Gasteiger partial charge in [0, 0.05) is 17.1 Å². The minimum Gasteiger partial charge on any atom is -0.491 e. The van der Waals surface area contributed by atoms with Gasteiger partial charge >= 0.3 is 0 Å². The predicted molar refractivity (Wildman–Crippen MR) is 72.9 cm³/mol. The zero-order valence-corrected chi connectivity index (χ0v) is 11.7. The summed E-state index contributed by atoms with van der Waals surface area (Å²) < 4.78 is 10.8. The number of hydrogen-bond donors (Lipinski definition) is 0. The van der Waals surface area contributed by atoms with Crippen LogP contribution in [0.4, 0.5) is 0 Å². The molecule has 0 saturated heterocycles. The molecule has 6 heteroatoms. The normalized spacial score (nSPS) is 14.4. The van der Waals surface area contributed by atoms with Gasteiger partial charge in [-0.05, 0) is 25.1 Å². The number of ether oxygens (including phenoxy) is 1. The molecular formula is C14H13ClN2O3. The number of oxazole rings is 1. The van der Waals surface area contributed by atoms with Crippen LogP contribution in [0.25, 0.3) is 0 Å². The molecule has 2 heterocycles. The molecule has 1 aliphatic heterocycles. The zero-order valence-electron chi connectivity index (χ0n) is 10.9. The SMILES string of the molecule is Cc1ncoc1C(=O)N1CCOc2ccc(Cl)cc2C1. The third kappa shape index (κ3) is 2.36. The smallest absolute Gasteiger partial charge is 0.291 e. The van der Waals surface area contributed by atoms with Crippen molar-refractivity contribution in [3.05, 3.63) is 46.6 Å². The van der Waals surface area contributed by atoms with Gasteiger partial charge in [0.1, 0.15) is 12.4 Å². The molecule has 20 heavy (non-hydrogen) atoms. The van der Waals surface area contributed by atoms with E-state index in [-0.39, 0.29) is 11.7 Å². The first-order chi connectivity index (χ1) is 9.65. The van der Waals surface area contributed by atoms with Crippen LogP contribution < -0.4 is 4.74 Å². The van der Waals surface area contributed by atoms with Gasteiger partial charge in [-0.2, -0.15) is 0 Å². The van der Waals surface area contributed by atoms with Gasteiger partial charge in [0.05, 0.1) is 12.2 Å². The molecule has 104 valence electrons. The van der Waals surface area contributed by atoms with Crippen LogP contribution >= 0.6 is 11.6 Å². The summed E-state index contributed by atoms with van der Waals surface area (Å²) >= 11 is 5.99. The van der Waals surface area contributed by atoms with E-state index in [9.17, 15) is 4.79 Å². The van der Waals surface area contributed by atoms with Crippen LogP contribution in [0, 0.1) is 6.92 Å². The third-order valence-electron chi connectivity index (χ3n) is 3.23. The minimum atomic E-state index is -0.184. The minimum absolute atomic E-state index is 0.184. The highest BCUT2D eigenvalue weighted by Crippen LogP contribution is 2.27. The maximum absolute atomic E-state index is 12.4. The van der Waals surface area contributed by atoms with Gasteiger partial charge in [-0.1, -0.05) is 11.6 Å². The Bertz CT molecular complexity index is 654. The number of amides is 1. The van der Waals surface area contributed by atoms with E-state index >= 15 is 0 Å². The second-order valence-corrected chi connectivity index (χ2v) is 5.03. The quantitative estimate of drug-likeness (QED) is 0.811. The Kier molecular flexibility index (Phi) is 3.36. The van der Waals surface area contributed by atoms with Crippen molar-refractivity contribution in [2.24, 2.45) is 0 Å². The topological polar surface area (TPSA) is 55.6 Å². The Morgan fingerprint density at radius 3 is 3.05 bits per heavy atom. The van der Waals surface area contributed by atoms with Crippen LogP contribution in [-0.2, 0) is 6.54 Å². The highest BCUT2D eigenvalue weighted by atomic mass is 35.5. The van der Waals surface area contributed by atoms with E-state index < -0.39 is 0 Å². The molecule has 0 unspecified atom stereocenters. The van der Waals surface area contributed by atoms with Crippen LogP contribution in [0.2, 0.25) is 5.02 Å². The number of carbonyl (C=O) groups is 1. The van der Waals surface area contributed by atoms with E-state index in [4.69, 9.17) is 20.8 Å². The van der Waals surface area contributed by atoms with Crippen molar-refractivity contribution < 1.29 is 13.9 Å². The first kappa shape index (κ1) is 13.0. The van der Waals surface area contributed by atoms with Gasteiger partial charge in [-0.25, -0.2) is 4.98 Å². The molecule has 1 amide bonds. The van der Waals surface area contributed by atoms with E-state index in [2.05, 4.69) is 4.98 Å². The molecule has 0 bridgehead atoms. The number of rotatable bonds is 1. The summed E-state index contributed by atoms with van der Waals surface area (Å²) in [5.41, 5.74) is 1.48. The van der Waals surface area contributed by atoms with Crippen molar-refractivity contribution in [2.45, 2.75) is 13.5 Å². The number of fused-ring (bicyclic) bond motifs is 1. The lowest BCUT2D eigenvalue weighted by Crippen LogP contribution is -2.32. The van der Waals surface area contributed by atoms with Gasteiger partial charge in [0.2, 0.25) is 5.76 Å². The molecule has 0 fully saturated rings. The molecule has 2 aromatic rings. The molecule has 0 atom stereocenters. The number of carbonyl (C=O) groups excluding carboxylic acids is 1. The maximum Gasteiger partial charge on any atom is 0.291 e. The largest absolute Gasteiger partial charge is 0.491 e. The summed E-state index contributed by atoms with van der Waals surface area (Å²) in [6.45, 7) is 3.11. The van der Waals surface area contributed by atoms with Crippen molar-refractivity contribution in [1.82, 2.24) is 9.88 Å². The lowest BCUT2D eigenvalue weighted by atomic mass is 10.2. The molecule has 5 nitrogen and oxygen atoms in total. The van der Waals surface area contributed by atoms with Gasteiger partial charge < -0.3 is 14.1 Å². The standard InChI is InChI=1S/C14H13ClN2O3/c1-9-13(20-8-16-9)14(18)17-4-5-19-12-3-2-11(15)6-10(12)7-17/h2-3,6,8H,4-5,7H2,1H3. The van der Waals surface area contributed by atoms with E-state index in [0.29, 0.717) is 30.4 Å². The molecule has 0 aliphatic carbocycles. The van der Waals surface area contributed by atoms with Gasteiger partial charge in [-0.15, -0.1) is 0 Å². The van der Waals surface area contributed by atoms with E-state index in [1.165, 1.54) is 6.39 Å². The average molecular weight is 293 g/mol. The molecule has 0 saturated carbocycles. The Balaban J connectivity index is 1.89. The van der Waals surface area contributed by atoms with Gasteiger partial charge in [-0.3, -0.25) is 4.79 Å². The van der Waals surface area contributed by atoms with Gasteiger partial charge in [0.15, 0.2) is 6.39 Å². The maximum atomic E-state index is 12.4. The van der Waals surface area contributed by atoms with Crippen molar-refractivity contribution in [2.75, 3.05) is 13.2 Å². The van der Waals surface area contributed by atoms with Gasteiger partial charge in [0.25, 0.3) is 5.91 Å². The number of aryl methyl sites for hydroxylation is 1. The van der Waals surface area contributed by atoms with Crippen molar-refractivity contribution in [3.63, 3.8) is 0 Å². The average Bonchev–Trinajstić information content (AvgIpc) is 2.73. The lowest BCUT2D eigenvalue weighted by Gasteiger charge is -2.18. The third-order valence-corrected chi connectivity index (χ3v) is 3.46. The van der Waals surface area contributed by atoms with E-state index in [1.807, 2.05) is 12.1 Å². The Hall–Kier alpha value is -2.01. The predicted octanol–water partition coefficient (Wildman–Crippen LogP) is 2.67. The number of hydrogen-bond acceptors (Lipinski definition) is 4. The molecule has 0 radical (unpaired) electrons. The molecule has 0 N–H and O–H groups in total. The first-order valence-electron chi connectivity index (χ1n) is 6.26. The molecule has 1 aromatic heterocycles. The monoisotopic (exact) mass is 292 g/mol. The zero-order chi connectivity index (χ0) is 14.1. The van der Waals surface area contributed by atoms with Crippen molar-refractivity contribution in [3.8, 4) is 5.75 Å². The molecule has 3 rings (SSSR count). The summed E-state index contributed by atoms with van der Waals surface area (Å²) in [6, 6.07) is 5.42. The van der Waals surface area contributed by atoms with Crippen LogP contribution in [0.3, 0.4) is 0 Å². The molecular weight excluding hydrogens is 280 g/mol. The lowest BCUT2D eigenvalue weighted by molar-refractivity contribution is 0.0700. The summed E-state index contributed by atoms with van der Waals surface area (Å²) in [5, 5.41) is 0.623. The molecule has 1 aromatic carbocycles. The van der Waals surface area contributed by atoms with E-state index in [1.54, 1.807) is 17.9 Å². The van der Waals surface area contributed by atoms with E-state index in [0.717, 1.165) is 11.3 Å². The highest BCUT2D eigenvalue weighted by molar-refractivity contribution is 6.30. The summed E-state index contributed by atoms with van der Waals surface area (Å²) in [7, 11) is 0. The number of nitrogens with zero attached hydrogens (tertiary/aromatic N) is 2. The molecule has 1 aliphatic rings. The van der Waals surface area contributed by atoms with Crippen molar-refractivity contribution in [1.29, 1.82) is 0 Å². The van der Waals surface area contributed by atoms with Crippen LogP contribution in [-0.4, -0.2) is 28.9 Å². The van der Waals surface area contributed by atoms with Crippen molar-refractivity contribution >= 4 is 17.5 Å². The fraction of sp³-hybridized carbons (Fsp3) is 0.286. The van der Waals surface area contributed by atoms with Crippen LogP contribution in [0.1, 0.15) is 21.8 Å². The highest BCUT2D eigenvalue weighted by Gasteiger charge is 2.24. The fourth-order valence-electron chi connectivity index (χ4n) is 2.19. The number of benzene rings is 1. The summed E-state index contributed by atoms with van der Waals surface area (Å²) in [5.74, 6) is 0.853. The Labute approximate surface area is 121 Å². The summed E-state index contributed by atoms with van der Waals surface area (Å²) in [4.78, 5) is 18.1. The fourth-order valence-corrected chi connectivity index (χ4v) is 2.38. The second kappa shape index (κ2) is 5.17. The number of halogens is 1. The van der Waals surface area contributed by atoms with Crippen LogP contribution in [0.5, 0.6) is 5.75 Å². The summed E-state index contributed by atoms with van der Waals surface area (Å²) in [6.07, 6.45) is 1.28. The Morgan fingerprint density at radius 1 is 1.45 bits per heavy atom. The first-order valence-corrected chi connectivity index (χ1v) is 6.63. The second-order valence-electron chi connectivity index (χ2n) is 4.59. The molecule has 0 spiro atoms. The number of aromatic nitrogens is 1. The Morgan fingerprint density at radius 2 is 2.30 bits per heavy atom. The van der Waals surface area contributed by atoms with Crippen LogP contribution in [0.15, 0.2) is 29.0 Å².